The molecule has 4 nitrogen and oxygen atoms in total. The highest BCUT2D eigenvalue weighted by molar-refractivity contribution is 6.53. The number of benzene rings is 1. The molecule has 0 radical (unpaired) electrons. The second-order valence-electron chi connectivity index (χ2n) is 2.86. The van der Waals surface area contributed by atoms with Gasteiger partial charge < -0.3 is 9.84 Å². The number of rotatable bonds is 2. The zero-order valence-electron chi connectivity index (χ0n) is 8.18. The van der Waals surface area contributed by atoms with Crippen molar-refractivity contribution < 1.29 is 19.4 Å². The zero-order chi connectivity index (χ0) is 13.3. The van der Waals surface area contributed by atoms with Crippen LogP contribution in [-0.4, -0.2) is 17.0 Å². The van der Waals surface area contributed by atoms with E-state index in [1.165, 1.54) is 0 Å². The Hall–Kier alpha value is -0.680. The van der Waals surface area contributed by atoms with Gasteiger partial charge in [0.1, 0.15) is 10.6 Å². The van der Waals surface area contributed by atoms with Gasteiger partial charge in [-0.1, -0.05) is 46.4 Å². The van der Waals surface area contributed by atoms with Crippen LogP contribution in [0, 0.1) is 0 Å². The number of esters is 1. The van der Waals surface area contributed by atoms with Gasteiger partial charge in [0.15, 0.2) is 5.75 Å². The molecular weight excluding hydrogens is 314 g/mol. The number of hydrogen-bond acceptors (Lipinski definition) is 3. The van der Waals surface area contributed by atoms with E-state index in [0.29, 0.717) is 0 Å². The predicted molar refractivity (Wildman–Crippen MR) is 64.8 cm³/mol. The summed E-state index contributed by atoms with van der Waals surface area (Å²) in [5, 5.41) is 7.94. The van der Waals surface area contributed by atoms with Crippen molar-refractivity contribution in [3.8, 4) is 5.75 Å². The van der Waals surface area contributed by atoms with Gasteiger partial charge in [-0.3, -0.25) is 4.79 Å². The topological polar surface area (TPSA) is 63.6 Å². The van der Waals surface area contributed by atoms with Gasteiger partial charge in [0.2, 0.25) is 0 Å². The van der Waals surface area contributed by atoms with E-state index >= 15 is 0 Å². The van der Waals surface area contributed by atoms with Crippen molar-refractivity contribution >= 4 is 58.3 Å². The fourth-order valence-corrected chi connectivity index (χ4v) is 2.00. The molecule has 0 aliphatic carbocycles. The monoisotopic (exact) mass is 316 g/mol. The first-order valence-corrected chi connectivity index (χ1v) is 5.56. The molecule has 0 aromatic heterocycles. The van der Waals surface area contributed by atoms with E-state index in [4.69, 9.17) is 51.5 Å². The summed E-state index contributed by atoms with van der Waals surface area (Å²) in [5.74, 6) is -2.62. The Kier molecular flexibility index (Phi) is 4.49. The van der Waals surface area contributed by atoms with Gasteiger partial charge in [0, 0.05) is 6.92 Å². The third-order valence-corrected chi connectivity index (χ3v) is 3.47. The average Bonchev–Trinajstić information content (AvgIpc) is 2.22. The predicted octanol–water partition coefficient (Wildman–Crippen LogP) is 3.92. The number of ether oxygens (including phenoxy) is 1. The summed E-state index contributed by atoms with van der Waals surface area (Å²) in [6.45, 7) is 1.08. The molecule has 0 amide bonds. The van der Waals surface area contributed by atoms with Crippen LogP contribution >= 0.6 is 46.4 Å². The maximum absolute atomic E-state index is 11.0. The van der Waals surface area contributed by atoms with Crippen molar-refractivity contribution in [3.05, 3.63) is 25.7 Å². The lowest BCUT2D eigenvalue weighted by Gasteiger charge is -2.12. The SMILES string of the molecule is CC(=O)Oc1c(Cl)c(Cl)c(Cl)c(Cl)c1C(=O)O. The molecule has 1 aromatic rings. The summed E-state index contributed by atoms with van der Waals surface area (Å²) in [4.78, 5) is 21.9. The number of hydrogen-bond donors (Lipinski definition) is 1. The third-order valence-electron chi connectivity index (χ3n) is 1.68. The molecule has 17 heavy (non-hydrogen) atoms. The first-order chi connectivity index (χ1) is 7.77. The van der Waals surface area contributed by atoms with Crippen LogP contribution in [0.3, 0.4) is 0 Å². The molecule has 0 spiro atoms. The van der Waals surface area contributed by atoms with Crippen molar-refractivity contribution in [2.45, 2.75) is 6.92 Å². The molecule has 0 aliphatic heterocycles. The van der Waals surface area contributed by atoms with Crippen molar-refractivity contribution in [2.75, 3.05) is 0 Å². The molecule has 1 aromatic carbocycles. The summed E-state index contributed by atoms with van der Waals surface area (Å²) >= 11 is 22.9. The van der Waals surface area contributed by atoms with Crippen LogP contribution in [0.4, 0.5) is 0 Å². The Labute approximate surface area is 116 Å². The molecule has 1 rings (SSSR count). The van der Waals surface area contributed by atoms with Crippen molar-refractivity contribution in [1.29, 1.82) is 0 Å². The van der Waals surface area contributed by atoms with E-state index in [-0.39, 0.29) is 20.1 Å². The Morgan fingerprint density at radius 2 is 1.47 bits per heavy atom. The largest absolute Gasteiger partial charge is 0.477 e. The molecule has 92 valence electrons. The molecule has 8 heteroatoms. The Balaban J connectivity index is 3.65. The number of aromatic carboxylic acids is 1. The molecule has 0 atom stereocenters. The Morgan fingerprint density at radius 3 is 1.88 bits per heavy atom. The van der Waals surface area contributed by atoms with E-state index < -0.39 is 23.3 Å². The average molecular weight is 318 g/mol. The van der Waals surface area contributed by atoms with Crippen molar-refractivity contribution in [3.63, 3.8) is 0 Å². The third kappa shape index (κ3) is 2.77. The lowest BCUT2D eigenvalue weighted by Crippen LogP contribution is -2.09. The van der Waals surface area contributed by atoms with Crippen LogP contribution in [0.25, 0.3) is 0 Å². The van der Waals surface area contributed by atoms with E-state index in [1.807, 2.05) is 0 Å². The number of carbonyl (C=O) groups is 2. The first kappa shape index (κ1) is 14.4. The van der Waals surface area contributed by atoms with Crippen LogP contribution in [-0.2, 0) is 4.79 Å². The lowest BCUT2D eigenvalue weighted by atomic mass is 10.2. The molecule has 0 aliphatic rings. The van der Waals surface area contributed by atoms with E-state index in [0.717, 1.165) is 6.92 Å². The Bertz CT molecular complexity index is 512. The normalized spacial score (nSPS) is 10.2. The van der Waals surface area contributed by atoms with Crippen molar-refractivity contribution in [2.24, 2.45) is 0 Å². The quantitative estimate of drug-likeness (QED) is 0.388. The number of carboxylic acids is 1. The van der Waals surface area contributed by atoms with Crippen LogP contribution in [0.15, 0.2) is 0 Å². The van der Waals surface area contributed by atoms with Crippen molar-refractivity contribution in [1.82, 2.24) is 0 Å². The highest BCUT2D eigenvalue weighted by Gasteiger charge is 2.26. The number of halogens is 4. The fourth-order valence-electron chi connectivity index (χ4n) is 1.04. The molecule has 1 N–H and O–H groups in total. The van der Waals surface area contributed by atoms with Gasteiger partial charge in [-0.25, -0.2) is 4.79 Å². The number of carboxylic acid groups (broad SMARTS) is 1. The molecule has 0 saturated heterocycles. The minimum absolute atomic E-state index is 0.181. The second kappa shape index (κ2) is 5.31. The summed E-state index contributed by atoms with van der Waals surface area (Å²) in [7, 11) is 0. The van der Waals surface area contributed by atoms with Gasteiger partial charge >= 0.3 is 11.9 Å². The summed E-state index contributed by atoms with van der Waals surface area (Å²) < 4.78 is 4.67. The van der Waals surface area contributed by atoms with E-state index in [2.05, 4.69) is 4.74 Å². The van der Waals surface area contributed by atoms with Crippen LogP contribution in [0.1, 0.15) is 17.3 Å². The van der Waals surface area contributed by atoms with Crippen LogP contribution in [0.5, 0.6) is 5.75 Å². The van der Waals surface area contributed by atoms with Gasteiger partial charge in [-0.15, -0.1) is 0 Å². The standard InChI is InChI=1S/C9H4Cl4O4/c1-2(14)17-8-3(9(15)16)4(10)5(11)6(12)7(8)13/h1H3,(H,15,16). The second-order valence-corrected chi connectivity index (χ2v) is 4.37. The maximum atomic E-state index is 11.0. The van der Waals surface area contributed by atoms with Crippen LogP contribution in [0.2, 0.25) is 20.1 Å². The van der Waals surface area contributed by atoms with Crippen LogP contribution < -0.4 is 4.74 Å². The van der Waals surface area contributed by atoms with Gasteiger partial charge in [0.05, 0.1) is 15.1 Å². The highest BCUT2D eigenvalue weighted by Crippen LogP contribution is 2.45. The molecule has 0 unspecified atom stereocenters. The molecule has 0 saturated carbocycles. The maximum Gasteiger partial charge on any atom is 0.341 e. The van der Waals surface area contributed by atoms with E-state index in [9.17, 15) is 9.59 Å². The minimum Gasteiger partial charge on any atom is -0.477 e. The van der Waals surface area contributed by atoms with Gasteiger partial charge in [-0.2, -0.15) is 0 Å². The van der Waals surface area contributed by atoms with E-state index in [1.54, 1.807) is 0 Å². The fraction of sp³-hybridized carbons (Fsp3) is 0.111. The Morgan fingerprint density at radius 1 is 1.00 bits per heavy atom. The summed E-state index contributed by atoms with van der Waals surface area (Å²) in [6, 6.07) is 0. The smallest absolute Gasteiger partial charge is 0.341 e. The molecule has 0 fully saturated rings. The van der Waals surface area contributed by atoms with Gasteiger partial charge in [0.25, 0.3) is 0 Å². The first-order valence-electron chi connectivity index (χ1n) is 4.05. The highest BCUT2D eigenvalue weighted by atomic mass is 35.5. The molecular formula is C9H4Cl4O4. The summed E-state index contributed by atoms with van der Waals surface area (Å²) in [5.41, 5.74) is -0.513. The molecule has 0 heterocycles. The minimum atomic E-state index is -1.44. The lowest BCUT2D eigenvalue weighted by molar-refractivity contribution is -0.131. The molecule has 0 bridgehead atoms. The summed E-state index contributed by atoms with van der Waals surface area (Å²) in [6.07, 6.45) is 0. The number of carbonyl (C=O) groups excluding carboxylic acids is 1. The van der Waals surface area contributed by atoms with Gasteiger partial charge in [-0.05, 0) is 0 Å². The zero-order valence-corrected chi connectivity index (χ0v) is 11.2.